The first-order chi connectivity index (χ1) is 10.2. The molecule has 1 aromatic carbocycles. The molecule has 2 rings (SSSR count). The average molecular weight is 308 g/mol. The first-order valence-corrected chi connectivity index (χ1v) is 5.94. The Bertz CT molecular complexity index is 759. The van der Waals surface area contributed by atoms with Gasteiger partial charge in [-0.05, 0) is 19.9 Å². The molecule has 0 spiro atoms. The largest absolute Gasteiger partial charge is 0.477 e. The third-order valence-corrected chi connectivity index (χ3v) is 3.34. The molecule has 1 N–H and O–H groups in total. The average Bonchev–Trinajstić information content (AvgIpc) is 2.63. The van der Waals surface area contributed by atoms with E-state index >= 15 is 0 Å². The lowest BCUT2D eigenvalue weighted by atomic mass is 10.1. The first kappa shape index (κ1) is 15.3. The van der Waals surface area contributed by atoms with Crippen molar-refractivity contribution in [1.29, 1.82) is 0 Å². The van der Waals surface area contributed by atoms with Gasteiger partial charge in [-0.2, -0.15) is 0 Å². The number of nitrogens with zero attached hydrogens (tertiary/aromatic N) is 2. The summed E-state index contributed by atoms with van der Waals surface area (Å²) in [5, 5.41) is 19.7. The molecule has 9 heteroatoms. The number of rotatable bonds is 3. The maximum Gasteiger partial charge on any atom is 0.342 e. The topological polar surface area (TPSA) is 118 Å². The number of aromatic carboxylic acids is 1. The molecule has 22 heavy (non-hydrogen) atoms. The third kappa shape index (κ3) is 2.12. The van der Waals surface area contributed by atoms with Crippen LogP contribution in [0.4, 0.5) is 15.8 Å². The van der Waals surface area contributed by atoms with E-state index in [1.165, 1.54) is 13.8 Å². The van der Waals surface area contributed by atoms with Crippen molar-refractivity contribution in [3.63, 3.8) is 0 Å². The molecule has 1 heterocycles. The highest BCUT2D eigenvalue weighted by molar-refractivity contribution is 6.32. The summed E-state index contributed by atoms with van der Waals surface area (Å²) in [6, 6.07) is 0.986. The minimum Gasteiger partial charge on any atom is -0.477 e. The predicted molar refractivity (Wildman–Crippen MR) is 70.9 cm³/mol. The summed E-state index contributed by atoms with van der Waals surface area (Å²) in [5.74, 6) is -4.51. The number of anilines is 1. The van der Waals surface area contributed by atoms with Gasteiger partial charge in [-0.1, -0.05) is 0 Å². The van der Waals surface area contributed by atoms with E-state index in [4.69, 9.17) is 5.11 Å². The van der Waals surface area contributed by atoms with Gasteiger partial charge in [-0.3, -0.25) is 19.7 Å². The number of carboxylic acid groups (broad SMARTS) is 1. The number of imide groups is 1. The third-order valence-electron chi connectivity index (χ3n) is 3.34. The second kappa shape index (κ2) is 5.02. The van der Waals surface area contributed by atoms with Crippen molar-refractivity contribution in [2.75, 3.05) is 4.90 Å². The Morgan fingerprint density at radius 2 is 1.73 bits per heavy atom. The summed E-state index contributed by atoms with van der Waals surface area (Å²) in [6.07, 6.45) is 0. The highest BCUT2D eigenvalue weighted by Crippen LogP contribution is 2.33. The lowest BCUT2D eigenvalue weighted by molar-refractivity contribution is -0.385. The molecule has 0 aromatic heterocycles. The van der Waals surface area contributed by atoms with Crippen LogP contribution >= 0.6 is 0 Å². The van der Waals surface area contributed by atoms with Crippen LogP contribution in [0.5, 0.6) is 0 Å². The van der Waals surface area contributed by atoms with E-state index in [-0.39, 0.29) is 11.1 Å². The zero-order valence-corrected chi connectivity index (χ0v) is 11.4. The van der Waals surface area contributed by atoms with Crippen LogP contribution in [-0.2, 0) is 9.59 Å². The van der Waals surface area contributed by atoms with Gasteiger partial charge in [0.15, 0.2) is 5.82 Å². The molecule has 0 unspecified atom stereocenters. The maximum absolute atomic E-state index is 14.0. The standard InChI is InChI=1S/C13H9FN2O6/c1-5-6(2)12(18)15(11(5)17)10-3-7(13(19)20)9(16(21)22)4-8(10)14/h3-4H,1-2H3,(H,19,20). The Morgan fingerprint density at radius 3 is 2.14 bits per heavy atom. The first-order valence-electron chi connectivity index (χ1n) is 5.94. The molecule has 1 aliphatic rings. The van der Waals surface area contributed by atoms with Crippen molar-refractivity contribution in [2.45, 2.75) is 13.8 Å². The normalized spacial score (nSPS) is 14.8. The monoisotopic (exact) mass is 308 g/mol. The van der Waals surface area contributed by atoms with Crippen molar-refractivity contribution in [2.24, 2.45) is 0 Å². The molecule has 8 nitrogen and oxygen atoms in total. The van der Waals surface area contributed by atoms with Crippen LogP contribution in [0.3, 0.4) is 0 Å². The lowest BCUT2D eigenvalue weighted by Crippen LogP contribution is -2.32. The van der Waals surface area contributed by atoms with Gasteiger partial charge in [0.1, 0.15) is 5.56 Å². The highest BCUT2D eigenvalue weighted by Gasteiger charge is 2.37. The van der Waals surface area contributed by atoms with Gasteiger partial charge in [0.2, 0.25) is 0 Å². The fourth-order valence-corrected chi connectivity index (χ4v) is 2.01. The van der Waals surface area contributed by atoms with Crippen LogP contribution in [-0.4, -0.2) is 27.8 Å². The van der Waals surface area contributed by atoms with Crippen LogP contribution in [0.1, 0.15) is 24.2 Å². The van der Waals surface area contributed by atoms with Crippen molar-refractivity contribution >= 4 is 29.2 Å². The van der Waals surface area contributed by atoms with Gasteiger partial charge in [0, 0.05) is 11.1 Å². The Labute approximate surface area is 122 Å². The molecule has 2 amide bonds. The number of benzene rings is 1. The number of halogens is 1. The number of amides is 2. The van der Waals surface area contributed by atoms with Gasteiger partial charge < -0.3 is 5.11 Å². The molecule has 0 atom stereocenters. The van der Waals surface area contributed by atoms with E-state index in [2.05, 4.69) is 0 Å². The van der Waals surface area contributed by atoms with Crippen molar-refractivity contribution in [3.05, 3.63) is 44.8 Å². The maximum atomic E-state index is 14.0. The van der Waals surface area contributed by atoms with E-state index < -0.39 is 45.5 Å². The fraction of sp³-hybridized carbons (Fsp3) is 0.154. The van der Waals surface area contributed by atoms with Crippen LogP contribution in [0, 0.1) is 15.9 Å². The minimum atomic E-state index is -1.67. The predicted octanol–water partition coefficient (Wildman–Crippen LogP) is 1.64. The highest BCUT2D eigenvalue weighted by atomic mass is 19.1. The van der Waals surface area contributed by atoms with Gasteiger partial charge in [-0.15, -0.1) is 0 Å². The van der Waals surface area contributed by atoms with Crippen LogP contribution in [0.2, 0.25) is 0 Å². The van der Waals surface area contributed by atoms with Crippen LogP contribution in [0.15, 0.2) is 23.3 Å². The molecule has 1 aliphatic heterocycles. The second-order valence-electron chi connectivity index (χ2n) is 4.58. The number of hydrogen-bond donors (Lipinski definition) is 1. The Kier molecular flexibility index (Phi) is 3.49. The summed E-state index contributed by atoms with van der Waals surface area (Å²) in [4.78, 5) is 45.2. The molecular formula is C13H9FN2O6. The SMILES string of the molecule is CC1=C(C)C(=O)N(c2cc(C(=O)O)c([N+](=O)[O-])cc2F)C1=O. The zero-order valence-electron chi connectivity index (χ0n) is 11.4. The molecular weight excluding hydrogens is 299 g/mol. The fourth-order valence-electron chi connectivity index (χ4n) is 2.01. The van der Waals surface area contributed by atoms with Crippen molar-refractivity contribution < 1.29 is 28.8 Å². The lowest BCUT2D eigenvalue weighted by Gasteiger charge is -2.16. The molecule has 0 radical (unpaired) electrons. The van der Waals surface area contributed by atoms with Gasteiger partial charge in [0.25, 0.3) is 17.5 Å². The molecule has 0 bridgehead atoms. The van der Waals surface area contributed by atoms with Gasteiger partial charge >= 0.3 is 5.97 Å². The summed E-state index contributed by atoms with van der Waals surface area (Å²) in [7, 11) is 0. The molecule has 0 saturated heterocycles. The summed E-state index contributed by atoms with van der Waals surface area (Å²) in [5.41, 5.74) is -2.22. The van der Waals surface area contributed by atoms with Crippen LogP contribution in [0.25, 0.3) is 0 Å². The van der Waals surface area contributed by atoms with E-state index in [9.17, 15) is 28.9 Å². The van der Waals surface area contributed by atoms with E-state index in [0.717, 1.165) is 0 Å². The summed E-state index contributed by atoms with van der Waals surface area (Å²) < 4.78 is 14.0. The summed E-state index contributed by atoms with van der Waals surface area (Å²) >= 11 is 0. The minimum absolute atomic E-state index is 0.0969. The molecule has 0 fully saturated rings. The van der Waals surface area contributed by atoms with Crippen molar-refractivity contribution in [1.82, 2.24) is 0 Å². The Balaban J connectivity index is 2.66. The Hall–Kier alpha value is -3.10. The zero-order chi connectivity index (χ0) is 16.8. The molecule has 1 aromatic rings. The number of nitro groups is 1. The quantitative estimate of drug-likeness (QED) is 0.515. The smallest absolute Gasteiger partial charge is 0.342 e. The summed E-state index contributed by atoms with van der Waals surface area (Å²) in [6.45, 7) is 2.74. The van der Waals surface area contributed by atoms with E-state index in [1.807, 2.05) is 0 Å². The van der Waals surface area contributed by atoms with Gasteiger partial charge in [0.05, 0.1) is 16.7 Å². The molecule has 114 valence electrons. The number of carboxylic acids is 1. The Morgan fingerprint density at radius 1 is 1.23 bits per heavy atom. The number of nitro benzene ring substituents is 1. The molecule has 0 saturated carbocycles. The van der Waals surface area contributed by atoms with Gasteiger partial charge in [-0.25, -0.2) is 14.1 Å². The van der Waals surface area contributed by atoms with Crippen LogP contribution < -0.4 is 4.90 Å². The number of hydrogen-bond acceptors (Lipinski definition) is 5. The number of carbonyl (C=O) groups is 3. The van der Waals surface area contributed by atoms with Crippen molar-refractivity contribution in [3.8, 4) is 0 Å². The van der Waals surface area contributed by atoms with E-state index in [1.54, 1.807) is 0 Å². The number of carbonyl (C=O) groups excluding carboxylic acids is 2. The second-order valence-corrected chi connectivity index (χ2v) is 4.58. The van der Waals surface area contributed by atoms with E-state index in [0.29, 0.717) is 17.0 Å². The molecule has 0 aliphatic carbocycles.